The normalized spacial score (nSPS) is 13.2. The maximum absolute atomic E-state index is 13.8. The van der Waals surface area contributed by atoms with Gasteiger partial charge in [-0.15, -0.1) is 0 Å². The summed E-state index contributed by atoms with van der Waals surface area (Å²) < 4.78 is 47.9. The fourth-order valence-corrected chi connectivity index (χ4v) is 3.48. The molecule has 0 saturated heterocycles. The summed E-state index contributed by atoms with van der Waals surface area (Å²) in [5, 5.41) is 3.76. The second-order valence-electron chi connectivity index (χ2n) is 5.49. The van der Waals surface area contributed by atoms with Gasteiger partial charge in [0.05, 0.1) is 14.6 Å². The minimum Gasteiger partial charge on any atom is -0.339 e. The SMILES string of the molecule is Cc1nc(-c2ccc(C(=O)N=S(C)(=O)c3ccc(F)cc3F)cc2)no1. The van der Waals surface area contributed by atoms with E-state index >= 15 is 0 Å². The zero-order valence-electron chi connectivity index (χ0n) is 13.8. The van der Waals surface area contributed by atoms with E-state index in [0.717, 1.165) is 18.4 Å². The lowest BCUT2D eigenvalue weighted by Crippen LogP contribution is -2.06. The maximum Gasteiger partial charge on any atom is 0.285 e. The van der Waals surface area contributed by atoms with Gasteiger partial charge >= 0.3 is 0 Å². The molecule has 0 aliphatic rings. The minimum atomic E-state index is -3.37. The molecule has 0 spiro atoms. The highest BCUT2D eigenvalue weighted by Crippen LogP contribution is 2.20. The molecule has 1 heterocycles. The molecule has 2 aromatic carbocycles. The number of aromatic nitrogens is 2. The van der Waals surface area contributed by atoms with Crippen molar-refractivity contribution in [2.24, 2.45) is 4.36 Å². The lowest BCUT2D eigenvalue weighted by atomic mass is 10.1. The Balaban J connectivity index is 1.91. The molecule has 0 aliphatic carbocycles. The smallest absolute Gasteiger partial charge is 0.285 e. The van der Waals surface area contributed by atoms with E-state index in [2.05, 4.69) is 14.5 Å². The first-order valence-electron chi connectivity index (χ1n) is 7.38. The Kier molecular flexibility index (Phi) is 4.64. The molecule has 1 atom stereocenters. The van der Waals surface area contributed by atoms with Crippen LogP contribution in [0.2, 0.25) is 0 Å². The first-order chi connectivity index (χ1) is 12.3. The van der Waals surface area contributed by atoms with Crippen LogP contribution in [0.15, 0.2) is 56.2 Å². The molecule has 0 saturated carbocycles. The quantitative estimate of drug-likeness (QED) is 0.696. The monoisotopic (exact) mass is 377 g/mol. The van der Waals surface area contributed by atoms with Gasteiger partial charge in [-0.05, 0) is 24.3 Å². The first kappa shape index (κ1) is 17.9. The molecule has 1 amide bonds. The van der Waals surface area contributed by atoms with Crippen LogP contribution in [0.4, 0.5) is 8.78 Å². The van der Waals surface area contributed by atoms with Crippen molar-refractivity contribution in [1.29, 1.82) is 0 Å². The highest BCUT2D eigenvalue weighted by molar-refractivity contribution is 7.93. The van der Waals surface area contributed by atoms with Crippen molar-refractivity contribution in [2.75, 3.05) is 6.26 Å². The van der Waals surface area contributed by atoms with E-state index < -0.39 is 27.3 Å². The third kappa shape index (κ3) is 3.67. The number of hydrogen-bond acceptors (Lipinski definition) is 5. The second kappa shape index (κ2) is 6.75. The van der Waals surface area contributed by atoms with Crippen LogP contribution in [0.3, 0.4) is 0 Å². The summed E-state index contributed by atoms with van der Waals surface area (Å²) >= 11 is 0. The van der Waals surface area contributed by atoms with E-state index in [4.69, 9.17) is 4.52 Å². The van der Waals surface area contributed by atoms with Gasteiger partial charge in [0.1, 0.15) is 11.6 Å². The number of rotatable bonds is 3. The summed E-state index contributed by atoms with van der Waals surface area (Å²) in [6.45, 7) is 1.65. The van der Waals surface area contributed by atoms with Gasteiger partial charge in [0, 0.05) is 30.4 Å². The van der Waals surface area contributed by atoms with Gasteiger partial charge in [-0.25, -0.2) is 13.0 Å². The molecular weight excluding hydrogens is 364 g/mol. The highest BCUT2D eigenvalue weighted by Gasteiger charge is 2.16. The number of hydrogen-bond donors (Lipinski definition) is 0. The van der Waals surface area contributed by atoms with Crippen molar-refractivity contribution >= 4 is 15.6 Å². The third-order valence-corrected chi connectivity index (χ3v) is 5.14. The number of carbonyl (C=O) groups excluding carboxylic acids is 1. The highest BCUT2D eigenvalue weighted by atomic mass is 32.2. The fourth-order valence-electron chi connectivity index (χ4n) is 2.22. The van der Waals surface area contributed by atoms with Crippen molar-refractivity contribution in [1.82, 2.24) is 10.1 Å². The van der Waals surface area contributed by atoms with Crippen molar-refractivity contribution < 1.29 is 22.3 Å². The molecule has 6 nitrogen and oxygen atoms in total. The zero-order valence-corrected chi connectivity index (χ0v) is 14.6. The van der Waals surface area contributed by atoms with Crippen molar-refractivity contribution in [3.05, 3.63) is 65.6 Å². The van der Waals surface area contributed by atoms with Crippen molar-refractivity contribution in [2.45, 2.75) is 11.8 Å². The number of benzene rings is 2. The summed E-state index contributed by atoms with van der Waals surface area (Å²) in [5.74, 6) is -1.83. The molecule has 0 N–H and O–H groups in total. The summed E-state index contributed by atoms with van der Waals surface area (Å²) in [6.07, 6.45) is 1.12. The predicted octanol–water partition coefficient (Wildman–Crippen LogP) is 3.62. The Morgan fingerprint density at radius 1 is 1.15 bits per heavy atom. The lowest BCUT2D eigenvalue weighted by molar-refractivity contribution is 0.100. The van der Waals surface area contributed by atoms with Gasteiger partial charge in [-0.1, -0.05) is 17.3 Å². The predicted molar refractivity (Wildman–Crippen MR) is 89.9 cm³/mol. The Hall–Kier alpha value is -2.94. The second-order valence-corrected chi connectivity index (χ2v) is 7.72. The molecule has 0 aliphatic heterocycles. The van der Waals surface area contributed by atoms with Gasteiger partial charge in [-0.3, -0.25) is 4.79 Å². The van der Waals surface area contributed by atoms with Crippen LogP contribution in [0, 0.1) is 18.6 Å². The van der Waals surface area contributed by atoms with E-state index in [-0.39, 0.29) is 10.5 Å². The number of aryl methyl sites for hydroxylation is 1. The molecule has 1 aromatic heterocycles. The topological polar surface area (TPSA) is 85.4 Å². The van der Waals surface area contributed by atoms with Gasteiger partial charge in [0.2, 0.25) is 11.7 Å². The fraction of sp³-hybridized carbons (Fsp3) is 0.118. The minimum absolute atomic E-state index is 0.158. The number of halogens is 2. The van der Waals surface area contributed by atoms with E-state index in [9.17, 15) is 17.8 Å². The van der Waals surface area contributed by atoms with Crippen LogP contribution in [0.25, 0.3) is 11.4 Å². The Morgan fingerprint density at radius 3 is 2.42 bits per heavy atom. The van der Waals surface area contributed by atoms with Gasteiger partial charge < -0.3 is 4.52 Å². The van der Waals surface area contributed by atoms with E-state index in [1.54, 1.807) is 19.1 Å². The molecule has 0 radical (unpaired) electrons. The van der Waals surface area contributed by atoms with Crippen LogP contribution in [-0.4, -0.2) is 26.5 Å². The van der Waals surface area contributed by atoms with E-state index in [1.165, 1.54) is 12.1 Å². The summed E-state index contributed by atoms with van der Waals surface area (Å²) in [4.78, 5) is 16.0. The Bertz CT molecular complexity index is 1100. The number of nitrogens with zero attached hydrogens (tertiary/aromatic N) is 3. The maximum atomic E-state index is 13.8. The average Bonchev–Trinajstić information content (AvgIpc) is 3.00. The Morgan fingerprint density at radius 2 is 1.85 bits per heavy atom. The van der Waals surface area contributed by atoms with Crippen molar-refractivity contribution in [3.63, 3.8) is 0 Å². The lowest BCUT2D eigenvalue weighted by Gasteiger charge is -2.06. The molecule has 1 unspecified atom stereocenters. The van der Waals surface area contributed by atoms with Gasteiger partial charge in [0.15, 0.2) is 0 Å². The largest absolute Gasteiger partial charge is 0.339 e. The van der Waals surface area contributed by atoms with Crippen LogP contribution >= 0.6 is 0 Å². The molecule has 3 rings (SSSR count). The number of amides is 1. The van der Waals surface area contributed by atoms with Gasteiger partial charge in [0.25, 0.3) is 5.91 Å². The molecular formula is C17H13F2N3O3S. The summed E-state index contributed by atoms with van der Waals surface area (Å²) in [5.41, 5.74) is 0.784. The molecule has 134 valence electrons. The standard InChI is InChI=1S/C17H13F2N3O3S/c1-10-20-16(21-25-10)11-3-5-12(6-4-11)17(23)22-26(2,24)15-8-7-13(18)9-14(15)19/h3-9H,1-2H3. The molecule has 3 aromatic rings. The molecule has 0 fully saturated rings. The zero-order chi connectivity index (χ0) is 18.9. The molecule has 26 heavy (non-hydrogen) atoms. The molecule has 9 heteroatoms. The van der Waals surface area contributed by atoms with Crippen LogP contribution in [-0.2, 0) is 9.73 Å². The summed E-state index contributed by atoms with van der Waals surface area (Å²) in [7, 11) is -3.37. The van der Waals surface area contributed by atoms with Crippen molar-refractivity contribution in [3.8, 4) is 11.4 Å². The van der Waals surface area contributed by atoms with E-state index in [0.29, 0.717) is 23.3 Å². The van der Waals surface area contributed by atoms with E-state index in [1.807, 2.05) is 0 Å². The third-order valence-electron chi connectivity index (χ3n) is 3.48. The number of carbonyl (C=O) groups is 1. The average molecular weight is 377 g/mol. The van der Waals surface area contributed by atoms with Gasteiger partial charge in [-0.2, -0.15) is 9.35 Å². The first-order valence-corrected chi connectivity index (χ1v) is 9.31. The Labute approximate surface area is 148 Å². The van der Waals surface area contributed by atoms with Crippen LogP contribution in [0.1, 0.15) is 16.2 Å². The van der Waals surface area contributed by atoms with Crippen LogP contribution < -0.4 is 0 Å². The summed E-state index contributed by atoms with van der Waals surface area (Å²) in [6, 6.07) is 8.67. The van der Waals surface area contributed by atoms with Crippen LogP contribution in [0.5, 0.6) is 0 Å². The molecule has 0 bridgehead atoms.